The van der Waals surface area contributed by atoms with Crippen molar-refractivity contribution in [2.45, 2.75) is 6.54 Å². The van der Waals surface area contributed by atoms with Gasteiger partial charge in [0.1, 0.15) is 5.75 Å². The molecule has 0 radical (unpaired) electrons. The Balaban J connectivity index is 1.94. The van der Waals surface area contributed by atoms with E-state index in [1.165, 1.54) is 12.1 Å². The van der Waals surface area contributed by atoms with Crippen LogP contribution in [0.5, 0.6) is 5.75 Å². The van der Waals surface area contributed by atoms with Gasteiger partial charge in [0.05, 0.1) is 24.1 Å². The first-order valence-electron chi connectivity index (χ1n) is 6.33. The quantitative estimate of drug-likeness (QED) is 0.641. The maximum atomic E-state index is 12.4. The molecule has 2 aromatic rings. The van der Waals surface area contributed by atoms with Crippen molar-refractivity contribution in [3.63, 3.8) is 0 Å². The second kappa shape index (κ2) is 4.90. The van der Waals surface area contributed by atoms with E-state index in [0.29, 0.717) is 17.9 Å². The number of hydrogen-bond donors (Lipinski definition) is 0. The van der Waals surface area contributed by atoms with E-state index in [0.717, 1.165) is 11.3 Å². The van der Waals surface area contributed by atoms with Crippen LogP contribution >= 0.6 is 0 Å². The molecule has 0 atom stereocenters. The molecule has 0 bridgehead atoms. The van der Waals surface area contributed by atoms with Crippen LogP contribution in [0.1, 0.15) is 15.9 Å². The van der Waals surface area contributed by atoms with Gasteiger partial charge in [-0.15, -0.1) is 0 Å². The molecule has 0 fully saturated rings. The molecule has 0 saturated carbocycles. The Kier molecular flexibility index (Phi) is 3.06. The first-order chi connectivity index (χ1) is 10.1. The summed E-state index contributed by atoms with van der Waals surface area (Å²) < 4.78 is 5.08. The zero-order chi connectivity index (χ0) is 15.0. The lowest BCUT2D eigenvalue weighted by Gasteiger charge is -2.15. The highest BCUT2D eigenvalue weighted by molar-refractivity contribution is 6.10. The lowest BCUT2D eigenvalue weighted by Crippen LogP contribution is -2.22. The average molecular weight is 284 g/mol. The van der Waals surface area contributed by atoms with Crippen molar-refractivity contribution in [1.82, 2.24) is 0 Å². The number of fused-ring (bicyclic) bond motifs is 1. The van der Waals surface area contributed by atoms with Crippen molar-refractivity contribution in [2.24, 2.45) is 0 Å². The molecular formula is C15H12N2O4. The van der Waals surface area contributed by atoms with E-state index in [1.54, 1.807) is 42.3 Å². The summed E-state index contributed by atoms with van der Waals surface area (Å²) in [6, 6.07) is 11.5. The second-order valence-electron chi connectivity index (χ2n) is 4.69. The number of carbonyl (C=O) groups excluding carboxylic acids is 1. The van der Waals surface area contributed by atoms with Gasteiger partial charge < -0.3 is 9.64 Å². The molecule has 6 heteroatoms. The molecule has 1 aliphatic heterocycles. The first kappa shape index (κ1) is 13.1. The third-order valence-electron chi connectivity index (χ3n) is 3.49. The van der Waals surface area contributed by atoms with Gasteiger partial charge in [0.25, 0.3) is 11.6 Å². The SMILES string of the molecule is COc1ccc(N2Cc3ccc([N+](=O)[O-])cc3C2=O)cc1. The van der Waals surface area contributed by atoms with E-state index in [9.17, 15) is 14.9 Å². The number of nitrogens with zero attached hydrogens (tertiary/aromatic N) is 2. The third kappa shape index (κ3) is 2.20. The Bertz CT molecular complexity index is 725. The van der Waals surface area contributed by atoms with E-state index in [-0.39, 0.29) is 11.6 Å². The summed E-state index contributed by atoms with van der Waals surface area (Å²) in [4.78, 5) is 24.3. The summed E-state index contributed by atoms with van der Waals surface area (Å²) in [6.07, 6.45) is 0. The molecule has 21 heavy (non-hydrogen) atoms. The number of methoxy groups -OCH3 is 1. The molecule has 0 saturated heterocycles. The topological polar surface area (TPSA) is 72.7 Å². The second-order valence-corrected chi connectivity index (χ2v) is 4.69. The molecule has 2 aromatic carbocycles. The van der Waals surface area contributed by atoms with Crippen LogP contribution < -0.4 is 9.64 Å². The van der Waals surface area contributed by atoms with Gasteiger partial charge in [0.2, 0.25) is 0 Å². The highest BCUT2D eigenvalue weighted by atomic mass is 16.6. The van der Waals surface area contributed by atoms with Gasteiger partial charge in [-0.05, 0) is 35.9 Å². The van der Waals surface area contributed by atoms with Crippen LogP contribution in [0.4, 0.5) is 11.4 Å². The molecule has 0 aliphatic carbocycles. The molecule has 0 N–H and O–H groups in total. The molecule has 1 amide bonds. The summed E-state index contributed by atoms with van der Waals surface area (Å²) in [5.41, 5.74) is 1.85. The predicted molar refractivity (Wildman–Crippen MR) is 76.6 cm³/mol. The highest BCUT2D eigenvalue weighted by Gasteiger charge is 2.30. The smallest absolute Gasteiger partial charge is 0.270 e. The Morgan fingerprint density at radius 2 is 1.90 bits per heavy atom. The van der Waals surface area contributed by atoms with Gasteiger partial charge in [-0.2, -0.15) is 0 Å². The molecule has 106 valence electrons. The predicted octanol–water partition coefficient (Wildman–Crippen LogP) is 2.76. The number of anilines is 1. The zero-order valence-corrected chi connectivity index (χ0v) is 11.3. The molecule has 1 heterocycles. The van der Waals surface area contributed by atoms with Crippen molar-refractivity contribution in [1.29, 1.82) is 0 Å². The normalized spacial score (nSPS) is 13.2. The number of carbonyl (C=O) groups is 1. The molecule has 1 aliphatic rings. The Morgan fingerprint density at radius 1 is 1.19 bits per heavy atom. The minimum atomic E-state index is -0.496. The van der Waals surface area contributed by atoms with Crippen LogP contribution in [0.2, 0.25) is 0 Å². The van der Waals surface area contributed by atoms with Crippen LogP contribution in [0, 0.1) is 10.1 Å². The standard InChI is InChI=1S/C15H12N2O4/c1-21-13-6-4-11(5-7-13)16-9-10-2-3-12(17(19)20)8-14(10)15(16)18/h2-8H,9H2,1H3. The van der Waals surface area contributed by atoms with E-state index in [2.05, 4.69) is 0 Å². The van der Waals surface area contributed by atoms with E-state index in [4.69, 9.17) is 4.74 Å². The van der Waals surface area contributed by atoms with E-state index < -0.39 is 4.92 Å². The molecule has 3 rings (SSSR count). The van der Waals surface area contributed by atoms with Gasteiger partial charge in [-0.1, -0.05) is 0 Å². The van der Waals surface area contributed by atoms with Crippen LogP contribution in [0.15, 0.2) is 42.5 Å². The number of benzene rings is 2. The average Bonchev–Trinajstić information content (AvgIpc) is 2.84. The van der Waals surface area contributed by atoms with E-state index >= 15 is 0 Å². The van der Waals surface area contributed by atoms with Gasteiger partial charge in [-0.3, -0.25) is 14.9 Å². The minimum Gasteiger partial charge on any atom is -0.497 e. The Labute approximate surface area is 120 Å². The number of non-ortho nitro benzene ring substituents is 1. The monoisotopic (exact) mass is 284 g/mol. The van der Waals surface area contributed by atoms with Crippen molar-refractivity contribution in [2.75, 3.05) is 12.0 Å². The largest absolute Gasteiger partial charge is 0.497 e. The maximum Gasteiger partial charge on any atom is 0.270 e. The van der Waals surface area contributed by atoms with Crippen molar-refractivity contribution in [3.8, 4) is 5.75 Å². The summed E-state index contributed by atoms with van der Waals surface area (Å²) >= 11 is 0. The molecule has 0 spiro atoms. The molecule has 0 aromatic heterocycles. The van der Waals surface area contributed by atoms with Crippen LogP contribution in [0.25, 0.3) is 0 Å². The molecule has 6 nitrogen and oxygen atoms in total. The number of hydrogen-bond acceptors (Lipinski definition) is 4. The first-order valence-corrected chi connectivity index (χ1v) is 6.33. The zero-order valence-electron chi connectivity index (χ0n) is 11.3. The van der Waals surface area contributed by atoms with Gasteiger partial charge in [0.15, 0.2) is 0 Å². The Morgan fingerprint density at radius 3 is 2.52 bits per heavy atom. The van der Waals surface area contributed by atoms with Crippen molar-refractivity contribution < 1.29 is 14.5 Å². The van der Waals surface area contributed by atoms with Gasteiger partial charge >= 0.3 is 0 Å². The van der Waals surface area contributed by atoms with Crippen molar-refractivity contribution >= 4 is 17.3 Å². The fourth-order valence-electron chi connectivity index (χ4n) is 2.37. The highest BCUT2D eigenvalue weighted by Crippen LogP contribution is 2.31. The lowest BCUT2D eigenvalue weighted by molar-refractivity contribution is -0.384. The number of ether oxygens (including phenoxy) is 1. The van der Waals surface area contributed by atoms with Crippen molar-refractivity contribution in [3.05, 3.63) is 63.7 Å². The minimum absolute atomic E-state index is 0.0707. The summed E-state index contributed by atoms with van der Waals surface area (Å²) in [5.74, 6) is 0.484. The Hall–Kier alpha value is -2.89. The van der Waals surface area contributed by atoms with Gasteiger partial charge in [-0.25, -0.2) is 0 Å². The fraction of sp³-hybridized carbons (Fsp3) is 0.133. The van der Waals surface area contributed by atoms with Crippen LogP contribution in [-0.4, -0.2) is 17.9 Å². The van der Waals surface area contributed by atoms with Crippen LogP contribution in [-0.2, 0) is 6.54 Å². The number of amides is 1. The number of rotatable bonds is 3. The summed E-state index contributed by atoms with van der Waals surface area (Å²) in [5, 5.41) is 10.8. The van der Waals surface area contributed by atoms with Crippen LogP contribution in [0.3, 0.4) is 0 Å². The maximum absolute atomic E-state index is 12.4. The fourth-order valence-corrected chi connectivity index (χ4v) is 2.37. The summed E-state index contributed by atoms with van der Waals surface area (Å²) in [7, 11) is 1.57. The number of nitro benzene ring substituents is 1. The van der Waals surface area contributed by atoms with E-state index in [1.807, 2.05) is 0 Å². The molecule has 0 unspecified atom stereocenters. The lowest BCUT2D eigenvalue weighted by atomic mass is 10.1. The van der Waals surface area contributed by atoms with Gasteiger partial charge in [0, 0.05) is 17.8 Å². The molecular weight excluding hydrogens is 272 g/mol. The third-order valence-corrected chi connectivity index (χ3v) is 3.49. The summed E-state index contributed by atoms with van der Waals surface area (Å²) in [6.45, 7) is 0.415. The number of nitro groups is 1.